The number of halogens is 3. The molecule has 1 heterocycles. The van der Waals surface area contributed by atoms with Gasteiger partial charge in [0.2, 0.25) is 0 Å². The lowest BCUT2D eigenvalue weighted by Crippen LogP contribution is -2.49. The van der Waals surface area contributed by atoms with E-state index in [4.69, 9.17) is 4.74 Å². The molecule has 1 aromatic carbocycles. The molecule has 26 heavy (non-hydrogen) atoms. The molecular weight excluding hydrogens is 347 g/mol. The molecule has 0 N–H and O–H groups in total. The lowest BCUT2D eigenvalue weighted by Gasteiger charge is -2.38. The van der Waals surface area contributed by atoms with Crippen molar-refractivity contribution in [3.63, 3.8) is 0 Å². The van der Waals surface area contributed by atoms with Crippen molar-refractivity contribution < 1.29 is 27.5 Å². The number of carbonyl (C=O) groups excluding carboxylic acids is 2. The summed E-state index contributed by atoms with van der Waals surface area (Å²) in [5.41, 5.74) is -0.572. The SMILES string of the molecule is C[C@@H]1CCC[C@@H](C)N1C(=O)COC(=O)/C=C/c1cccc(C(F)(F)F)c1. The average Bonchev–Trinajstić information content (AvgIpc) is 2.57. The Morgan fingerprint density at radius 2 is 1.88 bits per heavy atom. The van der Waals surface area contributed by atoms with Gasteiger partial charge in [0.1, 0.15) is 0 Å². The van der Waals surface area contributed by atoms with Crippen molar-refractivity contribution in [3.05, 3.63) is 41.5 Å². The number of alkyl halides is 3. The standard InChI is InChI=1S/C19H22F3NO3/c1-13-5-3-6-14(2)23(13)17(24)12-26-18(25)10-9-15-7-4-8-16(11-15)19(20,21)22/h4,7-11,13-14H,3,5-6,12H2,1-2H3/b10-9+/t13-,14-/m1/s1. The number of esters is 1. The van der Waals surface area contributed by atoms with Gasteiger partial charge in [0.25, 0.3) is 5.91 Å². The predicted octanol–water partition coefficient (Wildman–Crippen LogP) is 4.05. The quantitative estimate of drug-likeness (QED) is 0.594. The van der Waals surface area contributed by atoms with Gasteiger partial charge in [-0.25, -0.2) is 4.79 Å². The summed E-state index contributed by atoms with van der Waals surface area (Å²) >= 11 is 0. The molecular formula is C19H22F3NO3. The third kappa shape index (κ3) is 5.34. The minimum absolute atomic E-state index is 0.102. The van der Waals surface area contributed by atoms with E-state index in [2.05, 4.69) is 0 Å². The minimum Gasteiger partial charge on any atom is -0.452 e. The Balaban J connectivity index is 1.90. The molecule has 0 aromatic heterocycles. The fraction of sp³-hybridized carbons (Fsp3) is 0.474. The highest BCUT2D eigenvalue weighted by Crippen LogP contribution is 2.29. The number of carbonyl (C=O) groups is 2. The van der Waals surface area contributed by atoms with Crippen LogP contribution in [-0.4, -0.2) is 35.5 Å². The van der Waals surface area contributed by atoms with E-state index in [1.165, 1.54) is 18.2 Å². The number of nitrogens with zero attached hydrogens (tertiary/aromatic N) is 1. The molecule has 1 aliphatic rings. The molecule has 1 amide bonds. The molecule has 0 aliphatic carbocycles. The van der Waals surface area contributed by atoms with E-state index in [0.717, 1.165) is 37.5 Å². The maximum Gasteiger partial charge on any atom is 0.416 e. The third-order valence-corrected chi connectivity index (χ3v) is 4.45. The Bertz CT molecular complexity index is 675. The number of rotatable bonds is 4. The molecule has 142 valence electrons. The first kappa shape index (κ1) is 20.0. The summed E-state index contributed by atoms with van der Waals surface area (Å²) in [6, 6.07) is 4.80. The lowest BCUT2D eigenvalue weighted by molar-refractivity contribution is -0.151. The summed E-state index contributed by atoms with van der Waals surface area (Å²) in [6.45, 7) is 3.55. The van der Waals surface area contributed by atoms with Crippen molar-refractivity contribution in [2.24, 2.45) is 0 Å². The summed E-state index contributed by atoms with van der Waals surface area (Å²) in [6.07, 6.45) is 0.698. The minimum atomic E-state index is -4.45. The summed E-state index contributed by atoms with van der Waals surface area (Å²) in [5, 5.41) is 0. The largest absolute Gasteiger partial charge is 0.452 e. The Morgan fingerprint density at radius 1 is 1.23 bits per heavy atom. The van der Waals surface area contributed by atoms with E-state index in [1.807, 2.05) is 13.8 Å². The molecule has 1 fully saturated rings. The summed E-state index contributed by atoms with van der Waals surface area (Å²) in [4.78, 5) is 25.7. The first-order chi connectivity index (χ1) is 12.2. The van der Waals surface area contributed by atoms with Crippen LogP contribution in [0, 0.1) is 0 Å². The molecule has 2 rings (SSSR count). The molecule has 0 saturated carbocycles. The monoisotopic (exact) mass is 369 g/mol. The van der Waals surface area contributed by atoms with Crippen molar-refractivity contribution in [2.75, 3.05) is 6.61 Å². The van der Waals surface area contributed by atoms with Crippen molar-refractivity contribution in [3.8, 4) is 0 Å². The maximum atomic E-state index is 12.7. The van der Waals surface area contributed by atoms with Crippen LogP contribution in [0.3, 0.4) is 0 Å². The Labute approximate surface area is 150 Å². The van der Waals surface area contributed by atoms with Crippen LogP contribution in [0.15, 0.2) is 30.3 Å². The molecule has 1 aliphatic heterocycles. The van der Waals surface area contributed by atoms with Gasteiger partial charge in [0, 0.05) is 18.2 Å². The molecule has 0 unspecified atom stereocenters. The maximum absolute atomic E-state index is 12.7. The van der Waals surface area contributed by atoms with E-state index in [-0.39, 0.29) is 30.2 Å². The second-order valence-corrected chi connectivity index (χ2v) is 6.49. The van der Waals surface area contributed by atoms with Crippen LogP contribution in [0.4, 0.5) is 13.2 Å². The van der Waals surface area contributed by atoms with Gasteiger partial charge in [0.15, 0.2) is 6.61 Å². The van der Waals surface area contributed by atoms with E-state index >= 15 is 0 Å². The van der Waals surface area contributed by atoms with Crippen LogP contribution in [0.2, 0.25) is 0 Å². The Morgan fingerprint density at radius 3 is 2.50 bits per heavy atom. The zero-order valence-electron chi connectivity index (χ0n) is 14.8. The van der Waals surface area contributed by atoms with E-state index in [9.17, 15) is 22.8 Å². The van der Waals surface area contributed by atoms with E-state index < -0.39 is 17.7 Å². The molecule has 1 saturated heterocycles. The smallest absolute Gasteiger partial charge is 0.416 e. The number of benzene rings is 1. The van der Waals surface area contributed by atoms with Crippen molar-refractivity contribution in [1.82, 2.24) is 4.90 Å². The number of amides is 1. The molecule has 4 nitrogen and oxygen atoms in total. The Kier molecular flexibility index (Phi) is 6.45. The Hall–Kier alpha value is -2.31. The molecule has 7 heteroatoms. The van der Waals surface area contributed by atoms with Gasteiger partial charge in [-0.1, -0.05) is 12.1 Å². The fourth-order valence-corrected chi connectivity index (χ4v) is 3.15. The highest BCUT2D eigenvalue weighted by atomic mass is 19.4. The van der Waals surface area contributed by atoms with Crippen LogP contribution in [0.5, 0.6) is 0 Å². The fourth-order valence-electron chi connectivity index (χ4n) is 3.15. The number of hydrogen-bond acceptors (Lipinski definition) is 3. The second-order valence-electron chi connectivity index (χ2n) is 6.49. The van der Waals surface area contributed by atoms with Gasteiger partial charge < -0.3 is 9.64 Å². The highest BCUT2D eigenvalue weighted by molar-refractivity contribution is 5.89. The first-order valence-electron chi connectivity index (χ1n) is 8.51. The summed E-state index contributed by atoms with van der Waals surface area (Å²) in [7, 11) is 0. The number of ether oxygens (including phenoxy) is 1. The van der Waals surface area contributed by atoms with Crippen LogP contribution >= 0.6 is 0 Å². The van der Waals surface area contributed by atoms with Crippen molar-refractivity contribution in [1.29, 1.82) is 0 Å². The normalized spacial score (nSPS) is 21.0. The van der Waals surface area contributed by atoms with Gasteiger partial charge in [-0.2, -0.15) is 13.2 Å². The van der Waals surface area contributed by atoms with Gasteiger partial charge in [-0.3, -0.25) is 4.79 Å². The molecule has 0 radical (unpaired) electrons. The zero-order chi connectivity index (χ0) is 19.3. The van der Waals surface area contributed by atoms with Gasteiger partial charge in [-0.05, 0) is 56.9 Å². The van der Waals surface area contributed by atoms with Gasteiger partial charge >= 0.3 is 12.1 Å². The van der Waals surface area contributed by atoms with Crippen molar-refractivity contribution in [2.45, 2.75) is 51.4 Å². The van der Waals surface area contributed by atoms with E-state index in [1.54, 1.807) is 4.90 Å². The summed E-state index contributed by atoms with van der Waals surface area (Å²) < 4.78 is 42.9. The molecule has 0 spiro atoms. The van der Waals surface area contributed by atoms with Crippen LogP contribution in [0.1, 0.15) is 44.2 Å². The summed E-state index contributed by atoms with van der Waals surface area (Å²) in [5.74, 6) is -1.03. The van der Waals surface area contributed by atoms with Gasteiger partial charge in [0.05, 0.1) is 5.56 Å². The predicted molar refractivity (Wildman–Crippen MR) is 91.1 cm³/mol. The average molecular weight is 369 g/mol. The van der Waals surface area contributed by atoms with Crippen LogP contribution in [-0.2, 0) is 20.5 Å². The van der Waals surface area contributed by atoms with Crippen LogP contribution in [0.25, 0.3) is 6.08 Å². The van der Waals surface area contributed by atoms with E-state index in [0.29, 0.717) is 0 Å². The number of hydrogen-bond donors (Lipinski definition) is 0. The molecule has 2 atom stereocenters. The lowest BCUT2D eigenvalue weighted by atomic mass is 9.97. The second kappa shape index (κ2) is 8.38. The molecule has 1 aromatic rings. The molecule has 0 bridgehead atoms. The number of likely N-dealkylation sites (tertiary alicyclic amines) is 1. The number of piperidine rings is 1. The first-order valence-corrected chi connectivity index (χ1v) is 8.51. The van der Waals surface area contributed by atoms with Gasteiger partial charge in [-0.15, -0.1) is 0 Å². The third-order valence-electron chi connectivity index (χ3n) is 4.45. The van der Waals surface area contributed by atoms with Crippen LogP contribution < -0.4 is 0 Å². The zero-order valence-corrected chi connectivity index (χ0v) is 14.8. The topological polar surface area (TPSA) is 46.6 Å². The highest BCUT2D eigenvalue weighted by Gasteiger charge is 2.30. The van der Waals surface area contributed by atoms with Crippen molar-refractivity contribution >= 4 is 18.0 Å².